The number of rotatable bonds is 7. The van der Waals surface area contributed by atoms with Crippen LogP contribution >= 0.6 is 0 Å². The van der Waals surface area contributed by atoms with Gasteiger partial charge >= 0.3 is 5.97 Å². The Morgan fingerprint density at radius 1 is 0.800 bits per heavy atom. The fourth-order valence-electron chi connectivity index (χ4n) is 3.00. The Balaban J connectivity index is 1.43. The summed E-state index contributed by atoms with van der Waals surface area (Å²) in [4.78, 5) is 36.0. The molecule has 30 heavy (non-hydrogen) atoms. The summed E-state index contributed by atoms with van der Waals surface area (Å²) < 4.78 is 4.97. The monoisotopic (exact) mass is 404 g/mol. The van der Waals surface area contributed by atoms with Crippen molar-refractivity contribution < 1.29 is 19.1 Å². The quantitative estimate of drug-likeness (QED) is 0.573. The molecule has 3 aromatic rings. The number of nitrogens with one attached hydrogen (secondary N) is 2. The van der Waals surface area contributed by atoms with E-state index in [1.165, 1.54) is 0 Å². The number of fused-ring (bicyclic) bond motifs is 1. The number of hydrogen-bond donors (Lipinski definition) is 2. The molecule has 0 aliphatic carbocycles. The molecule has 6 heteroatoms. The van der Waals surface area contributed by atoms with Crippen LogP contribution < -0.4 is 10.6 Å². The Morgan fingerprint density at radius 2 is 1.57 bits per heavy atom. The lowest BCUT2D eigenvalue weighted by molar-refractivity contribution is -0.147. The van der Waals surface area contributed by atoms with E-state index in [4.69, 9.17) is 4.74 Å². The van der Waals surface area contributed by atoms with Gasteiger partial charge in [0.15, 0.2) is 6.61 Å². The standard InChI is InChI=1S/C24H24N2O4/c1-16-10-11-19(14-17(16)2)25-23(28)15-30-24(29)13-12-22(27)26-21-9-5-7-18-6-3-4-8-20(18)21/h3-11,14H,12-13,15H2,1-2H3,(H,25,28)(H,26,27). The first-order valence-electron chi connectivity index (χ1n) is 9.73. The van der Waals surface area contributed by atoms with Crippen molar-refractivity contribution in [1.29, 1.82) is 0 Å². The van der Waals surface area contributed by atoms with Crippen LogP contribution in [0.15, 0.2) is 60.7 Å². The molecule has 2 amide bonds. The SMILES string of the molecule is Cc1ccc(NC(=O)COC(=O)CCC(=O)Nc2cccc3ccccc23)cc1C. The van der Waals surface area contributed by atoms with Crippen LogP contribution in [0.2, 0.25) is 0 Å². The zero-order chi connectivity index (χ0) is 21.5. The highest BCUT2D eigenvalue weighted by molar-refractivity contribution is 6.02. The van der Waals surface area contributed by atoms with E-state index < -0.39 is 18.5 Å². The maximum absolute atomic E-state index is 12.2. The summed E-state index contributed by atoms with van der Waals surface area (Å²) in [7, 11) is 0. The third-order valence-corrected chi connectivity index (χ3v) is 4.77. The Labute approximate surface area is 175 Å². The van der Waals surface area contributed by atoms with Gasteiger partial charge in [0.05, 0.1) is 6.42 Å². The Hall–Kier alpha value is -3.67. The first-order chi connectivity index (χ1) is 14.4. The molecule has 2 N–H and O–H groups in total. The summed E-state index contributed by atoms with van der Waals surface area (Å²) in [6.45, 7) is 3.55. The van der Waals surface area contributed by atoms with Crippen LogP contribution in [0.25, 0.3) is 10.8 Å². The van der Waals surface area contributed by atoms with Crippen molar-refractivity contribution in [3.8, 4) is 0 Å². The van der Waals surface area contributed by atoms with Gasteiger partial charge in [-0.1, -0.05) is 42.5 Å². The lowest BCUT2D eigenvalue weighted by atomic mass is 10.1. The van der Waals surface area contributed by atoms with Crippen LogP contribution in [0.5, 0.6) is 0 Å². The van der Waals surface area contributed by atoms with Gasteiger partial charge in [-0.05, 0) is 48.6 Å². The number of esters is 1. The smallest absolute Gasteiger partial charge is 0.306 e. The van der Waals surface area contributed by atoms with E-state index in [0.717, 1.165) is 21.9 Å². The van der Waals surface area contributed by atoms with Gasteiger partial charge in [0.2, 0.25) is 5.91 Å². The van der Waals surface area contributed by atoms with E-state index in [9.17, 15) is 14.4 Å². The molecule has 3 rings (SSSR count). The highest BCUT2D eigenvalue weighted by atomic mass is 16.5. The summed E-state index contributed by atoms with van der Waals surface area (Å²) in [5, 5.41) is 7.45. The highest BCUT2D eigenvalue weighted by Crippen LogP contribution is 2.23. The maximum atomic E-state index is 12.2. The Kier molecular flexibility index (Phi) is 6.80. The first kappa shape index (κ1) is 21.0. The molecule has 0 saturated carbocycles. The van der Waals surface area contributed by atoms with Crippen molar-refractivity contribution in [3.05, 3.63) is 71.8 Å². The molecule has 0 atom stereocenters. The second kappa shape index (κ2) is 9.69. The van der Waals surface area contributed by atoms with Gasteiger partial charge in [0.1, 0.15) is 0 Å². The lowest BCUT2D eigenvalue weighted by Crippen LogP contribution is -2.21. The third-order valence-electron chi connectivity index (χ3n) is 4.77. The zero-order valence-corrected chi connectivity index (χ0v) is 17.0. The zero-order valence-electron chi connectivity index (χ0n) is 17.0. The van der Waals surface area contributed by atoms with Gasteiger partial charge < -0.3 is 15.4 Å². The molecule has 0 bridgehead atoms. The second-order valence-corrected chi connectivity index (χ2v) is 7.08. The molecule has 0 fully saturated rings. The minimum absolute atomic E-state index is 0.0270. The minimum Gasteiger partial charge on any atom is -0.456 e. The Morgan fingerprint density at radius 3 is 2.37 bits per heavy atom. The van der Waals surface area contributed by atoms with Crippen LogP contribution in [0.4, 0.5) is 11.4 Å². The number of aryl methyl sites for hydroxylation is 2. The molecule has 0 radical (unpaired) electrons. The molecule has 0 aliphatic heterocycles. The summed E-state index contributed by atoms with van der Waals surface area (Å²) in [6.07, 6.45) is -0.131. The van der Waals surface area contributed by atoms with Crippen LogP contribution in [-0.2, 0) is 19.1 Å². The van der Waals surface area contributed by atoms with Gasteiger partial charge in [0, 0.05) is 23.2 Å². The van der Waals surface area contributed by atoms with Gasteiger partial charge in [0.25, 0.3) is 5.91 Å². The number of carbonyl (C=O) groups is 3. The number of amides is 2. The topological polar surface area (TPSA) is 84.5 Å². The second-order valence-electron chi connectivity index (χ2n) is 7.08. The summed E-state index contributed by atoms with van der Waals surface area (Å²) in [5.41, 5.74) is 3.52. The Bertz CT molecular complexity index is 1090. The van der Waals surface area contributed by atoms with Crippen LogP contribution in [0.1, 0.15) is 24.0 Å². The fourth-order valence-corrected chi connectivity index (χ4v) is 3.00. The van der Waals surface area contributed by atoms with E-state index in [2.05, 4.69) is 10.6 Å². The summed E-state index contributed by atoms with van der Waals surface area (Å²) in [5.74, 6) is -1.31. The predicted molar refractivity (Wildman–Crippen MR) is 117 cm³/mol. The summed E-state index contributed by atoms with van der Waals surface area (Å²) >= 11 is 0. The first-order valence-corrected chi connectivity index (χ1v) is 9.73. The van der Waals surface area contributed by atoms with Crippen molar-refractivity contribution in [2.45, 2.75) is 26.7 Å². The molecule has 0 aliphatic rings. The van der Waals surface area contributed by atoms with E-state index in [-0.39, 0.29) is 18.7 Å². The van der Waals surface area contributed by atoms with Crippen molar-refractivity contribution in [2.75, 3.05) is 17.2 Å². The van der Waals surface area contributed by atoms with Gasteiger partial charge in [-0.15, -0.1) is 0 Å². The maximum Gasteiger partial charge on any atom is 0.306 e. The van der Waals surface area contributed by atoms with E-state index in [1.807, 2.05) is 68.4 Å². The van der Waals surface area contributed by atoms with Gasteiger partial charge in [-0.2, -0.15) is 0 Å². The lowest BCUT2D eigenvalue weighted by Gasteiger charge is -2.09. The van der Waals surface area contributed by atoms with Crippen LogP contribution in [0, 0.1) is 13.8 Å². The number of ether oxygens (including phenoxy) is 1. The van der Waals surface area contributed by atoms with Crippen molar-refractivity contribution >= 4 is 39.9 Å². The molecule has 0 heterocycles. The van der Waals surface area contributed by atoms with E-state index >= 15 is 0 Å². The van der Waals surface area contributed by atoms with Gasteiger partial charge in [-0.25, -0.2) is 0 Å². The van der Waals surface area contributed by atoms with Crippen LogP contribution in [-0.4, -0.2) is 24.4 Å². The molecule has 0 unspecified atom stereocenters. The van der Waals surface area contributed by atoms with Gasteiger partial charge in [-0.3, -0.25) is 14.4 Å². The minimum atomic E-state index is -0.599. The predicted octanol–water partition coefficient (Wildman–Crippen LogP) is 4.36. The molecule has 0 saturated heterocycles. The molecule has 0 aromatic heterocycles. The highest BCUT2D eigenvalue weighted by Gasteiger charge is 2.12. The fraction of sp³-hybridized carbons (Fsp3) is 0.208. The molecular weight excluding hydrogens is 380 g/mol. The average Bonchev–Trinajstić information content (AvgIpc) is 2.74. The van der Waals surface area contributed by atoms with Crippen molar-refractivity contribution in [1.82, 2.24) is 0 Å². The average molecular weight is 404 g/mol. The molecular formula is C24H24N2O4. The number of benzene rings is 3. The largest absolute Gasteiger partial charge is 0.456 e. The van der Waals surface area contributed by atoms with Crippen molar-refractivity contribution in [2.24, 2.45) is 0 Å². The molecule has 6 nitrogen and oxygen atoms in total. The third kappa shape index (κ3) is 5.67. The van der Waals surface area contributed by atoms with E-state index in [1.54, 1.807) is 6.07 Å². The van der Waals surface area contributed by atoms with E-state index in [0.29, 0.717) is 11.4 Å². The molecule has 154 valence electrons. The van der Waals surface area contributed by atoms with Crippen molar-refractivity contribution in [3.63, 3.8) is 0 Å². The molecule has 3 aromatic carbocycles. The summed E-state index contributed by atoms with van der Waals surface area (Å²) in [6, 6.07) is 18.9. The molecule has 0 spiro atoms. The number of carbonyl (C=O) groups excluding carboxylic acids is 3. The normalized spacial score (nSPS) is 10.5. The van der Waals surface area contributed by atoms with Crippen LogP contribution in [0.3, 0.4) is 0 Å². The number of hydrogen-bond acceptors (Lipinski definition) is 4. The number of anilines is 2.